The fraction of sp³-hybridized carbons (Fsp3) is 0.300. The van der Waals surface area contributed by atoms with Crippen LogP contribution in [0.25, 0.3) is 0 Å². The van der Waals surface area contributed by atoms with E-state index in [1.165, 1.54) is 31.4 Å². The Hall–Kier alpha value is -1.95. The topological polar surface area (TPSA) is 89.7 Å². The van der Waals surface area contributed by atoms with Crippen molar-refractivity contribution in [3.05, 3.63) is 39.9 Å². The fourth-order valence-corrected chi connectivity index (χ4v) is 1.18. The van der Waals surface area contributed by atoms with Crippen LogP contribution in [0.3, 0.4) is 0 Å². The molecule has 0 radical (unpaired) electrons. The van der Waals surface area contributed by atoms with E-state index in [0.29, 0.717) is 5.56 Å². The third kappa shape index (κ3) is 3.03. The molecule has 1 N–H and O–H groups in total. The maximum absolute atomic E-state index is 10.9. The van der Waals surface area contributed by atoms with Crippen molar-refractivity contribution in [2.75, 3.05) is 7.11 Å². The van der Waals surface area contributed by atoms with Crippen molar-refractivity contribution in [1.29, 1.82) is 0 Å². The standard InChI is InChI=1S/C10H11NO5/c1-16-10(13)6-9(12)7-2-4-8(5-3-7)11(14)15/h2-5,9,12H,6H2,1H3/t9-/m1/s1. The van der Waals surface area contributed by atoms with E-state index in [-0.39, 0.29) is 12.1 Å². The van der Waals surface area contributed by atoms with Crippen LogP contribution in [0.2, 0.25) is 0 Å². The van der Waals surface area contributed by atoms with Gasteiger partial charge >= 0.3 is 5.97 Å². The first-order chi connectivity index (χ1) is 7.54. The summed E-state index contributed by atoms with van der Waals surface area (Å²) >= 11 is 0. The highest BCUT2D eigenvalue weighted by molar-refractivity contribution is 5.70. The minimum absolute atomic E-state index is 0.0611. The SMILES string of the molecule is COC(=O)C[C@@H](O)c1ccc([N+](=O)[O-])cc1. The minimum atomic E-state index is -1.01. The molecule has 1 aromatic carbocycles. The lowest BCUT2D eigenvalue weighted by atomic mass is 10.1. The van der Waals surface area contributed by atoms with Gasteiger partial charge in [-0.1, -0.05) is 0 Å². The van der Waals surface area contributed by atoms with E-state index in [1.807, 2.05) is 0 Å². The molecule has 1 atom stereocenters. The number of rotatable bonds is 4. The largest absolute Gasteiger partial charge is 0.469 e. The monoisotopic (exact) mass is 225 g/mol. The molecule has 0 spiro atoms. The summed E-state index contributed by atoms with van der Waals surface area (Å²) in [4.78, 5) is 20.7. The van der Waals surface area contributed by atoms with Crippen LogP contribution < -0.4 is 0 Å². The maximum atomic E-state index is 10.9. The van der Waals surface area contributed by atoms with E-state index >= 15 is 0 Å². The lowest BCUT2D eigenvalue weighted by molar-refractivity contribution is -0.384. The molecule has 6 heteroatoms. The Bertz CT molecular complexity index is 387. The first-order valence-electron chi connectivity index (χ1n) is 4.54. The number of hydrogen-bond acceptors (Lipinski definition) is 5. The van der Waals surface area contributed by atoms with Crippen molar-refractivity contribution >= 4 is 11.7 Å². The summed E-state index contributed by atoms with van der Waals surface area (Å²) in [6.07, 6.45) is -1.18. The number of aliphatic hydroxyl groups excluding tert-OH is 1. The zero-order chi connectivity index (χ0) is 12.1. The molecule has 0 fully saturated rings. The summed E-state index contributed by atoms with van der Waals surface area (Å²) < 4.78 is 4.40. The molecule has 0 saturated heterocycles. The molecule has 0 saturated carbocycles. The van der Waals surface area contributed by atoms with E-state index < -0.39 is 17.0 Å². The van der Waals surface area contributed by atoms with E-state index in [9.17, 15) is 20.0 Å². The van der Waals surface area contributed by atoms with Gasteiger partial charge in [0.25, 0.3) is 5.69 Å². The normalized spacial score (nSPS) is 11.9. The molecule has 16 heavy (non-hydrogen) atoms. The van der Waals surface area contributed by atoms with Gasteiger partial charge in [-0.2, -0.15) is 0 Å². The van der Waals surface area contributed by atoms with Crippen molar-refractivity contribution in [3.8, 4) is 0 Å². The average molecular weight is 225 g/mol. The maximum Gasteiger partial charge on any atom is 0.308 e. The van der Waals surface area contributed by atoms with Crippen molar-refractivity contribution in [2.24, 2.45) is 0 Å². The van der Waals surface area contributed by atoms with Gasteiger partial charge in [0.15, 0.2) is 0 Å². The quantitative estimate of drug-likeness (QED) is 0.472. The smallest absolute Gasteiger partial charge is 0.308 e. The molecule has 0 unspecified atom stereocenters. The van der Waals surface area contributed by atoms with Crippen LogP contribution in [0.4, 0.5) is 5.69 Å². The molecule has 0 heterocycles. The Morgan fingerprint density at radius 1 is 1.50 bits per heavy atom. The molecule has 1 rings (SSSR count). The summed E-state index contributed by atoms with van der Waals surface area (Å²) in [5.41, 5.74) is 0.380. The molecule has 0 aliphatic rings. The predicted molar refractivity (Wildman–Crippen MR) is 54.7 cm³/mol. The number of nitrogens with zero attached hydrogens (tertiary/aromatic N) is 1. The van der Waals surface area contributed by atoms with Crippen LogP contribution in [0.5, 0.6) is 0 Å². The molecule has 0 amide bonds. The average Bonchev–Trinajstić information content (AvgIpc) is 2.28. The van der Waals surface area contributed by atoms with Gasteiger partial charge in [0.2, 0.25) is 0 Å². The van der Waals surface area contributed by atoms with Gasteiger partial charge in [0.1, 0.15) is 0 Å². The van der Waals surface area contributed by atoms with Crippen molar-refractivity contribution in [1.82, 2.24) is 0 Å². The summed E-state index contributed by atoms with van der Waals surface area (Å²) in [6.45, 7) is 0. The van der Waals surface area contributed by atoms with E-state index in [0.717, 1.165) is 0 Å². The first-order valence-corrected chi connectivity index (χ1v) is 4.54. The number of nitro groups is 1. The second-order valence-electron chi connectivity index (χ2n) is 3.14. The van der Waals surface area contributed by atoms with Crippen LogP contribution in [-0.2, 0) is 9.53 Å². The summed E-state index contributed by atoms with van der Waals surface area (Å²) in [5, 5.41) is 20.0. The Kier molecular flexibility index (Phi) is 3.96. The number of nitro benzene ring substituents is 1. The van der Waals surface area contributed by atoms with E-state index in [2.05, 4.69) is 4.74 Å². The van der Waals surface area contributed by atoms with Gasteiger partial charge in [-0.05, 0) is 17.7 Å². The Morgan fingerprint density at radius 2 is 2.06 bits per heavy atom. The van der Waals surface area contributed by atoms with Crippen molar-refractivity contribution in [2.45, 2.75) is 12.5 Å². The number of hydrogen-bond donors (Lipinski definition) is 1. The number of methoxy groups -OCH3 is 1. The Labute approximate surface area is 91.6 Å². The third-order valence-corrected chi connectivity index (χ3v) is 2.08. The lowest BCUT2D eigenvalue weighted by Gasteiger charge is -2.08. The van der Waals surface area contributed by atoms with Gasteiger partial charge in [0, 0.05) is 12.1 Å². The van der Waals surface area contributed by atoms with E-state index in [4.69, 9.17) is 0 Å². The van der Waals surface area contributed by atoms with Gasteiger partial charge in [-0.3, -0.25) is 14.9 Å². The van der Waals surface area contributed by atoms with Crippen LogP contribution in [0.15, 0.2) is 24.3 Å². The minimum Gasteiger partial charge on any atom is -0.469 e. The molecular weight excluding hydrogens is 214 g/mol. The molecule has 0 aliphatic carbocycles. The number of non-ortho nitro benzene ring substituents is 1. The Balaban J connectivity index is 2.73. The number of carbonyl (C=O) groups is 1. The van der Waals surface area contributed by atoms with Crippen LogP contribution in [0.1, 0.15) is 18.1 Å². The predicted octanol–water partition coefficient (Wildman–Crippen LogP) is 1.19. The molecule has 1 aromatic rings. The number of ether oxygens (including phenoxy) is 1. The van der Waals surface area contributed by atoms with E-state index in [1.54, 1.807) is 0 Å². The van der Waals surface area contributed by atoms with Crippen LogP contribution in [-0.4, -0.2) is 23.1 Å². The fourth-order valence-electron chi connectivity index (χ4n) is 1.18. The molecule has 0 bridgehead atoms. The lowest BCUT2D eigenvalue weighted by Crippen LogP contribution is -2.07. The third-order valence-electron chi connectivity index (χ3n) is 2.08. The zero-order valence-corrected chi connectivity index (χ0v) is 8.62. The van der Waals surface area contributed by atoms with Gasteiger partial charge in [-0.15, -0.1) is 0 Å². The molecular formula is C10H11NO5. The van der Waals surface area contributed by atoms with Crippen LogP contribution >= 0.6 is 0 Å². The number of esters is 1. The van der Waals surface area contributed by atoms with Gasteiger partial charge < -0.3 is 9.84 Å². The van der Waals surface area contributed by atoms with Gasteiger partial charge in [-0.25, -0.2) is 0 Å². The summed E-state index contributed by atoms with van der Waals surface area (Å²) in [6, 6.07) is 5.36. The number of aliphatic hydroxyl groups is 1. The highest BCUT2D eigenvalue weighted by Gasteiger charge is 2.14. The number of benzene rings is 1. The van der Waals surface area contributed by atoms with Gasteiger partial charge in [0.05, 0.1) is 24.6 Å². The highest BCUT2D eigenvalue weighted by Crippen LogP contribution is 2.20. The van der Waals surface area contributed by atoms with Crippen molar-refractivity contribution in [3.63, 3.8) is 0 Å². The second kappa shape index (κ2) is 5.22. The zero-order valence-electron chi connectivity index (χ0n) is 8.62. The number of carbonyl (C=O) groups excluding carboxylic acids is 1. The second-order valence-corrected chi connectivity index (χ2v) is 3.14. The molecule has 6 nitrogen and oxygen atoms in total. The highest BCUT2D eigenvalue weighted by atomic mass is 16.6. The van der Waals surface area contributed by atoms with Crippen molar-refractivity contribution < 1.29 is 19.6 Å². The Morgan fingerprint density at radius 3 is 2.50 bits per heavy atom. The molecule has 0 aromatic heterocycles. The first kappa shape index (κ1) is 12.1. The summed E-state index contributed by atoms with van der Waals surface area (Å²) in [7, 11) is 1.23. The molecule has 0 aliphatic heterocycles. The summed E-state index contributed by atoms with van der Waals surface area (Å²) in [5.74, 6) is -0.536. The molecule has 86 valence electrons. The van der Waals surface area contributed by atoms with Crippen LogP contribution in [0, 0.1) is 10.1 Å².